The number of hydrogen-bond donors (Lipinski definition) is 1. The van der Waals surface area contributed by atoms with Gasteiger partial charge in [0, 0.05) is 13.1 Å². The van der Waals surface area contributed by atoms with Crippen LogP contribution in [-0.2, 0) is 0 Å². The van der Waals surface area contributed by atoms with Crippen LogP contribution in [0.1, 0.15) is 47.5 Å². The van der Waals surface area contributed by atoms with Crippen LogP contribution in [0.2, 0.25) is 0 Å². The number of carbonyl (C=O) groups is 1. The second-order valence-electron chi connectivity index (χ2n) is 6.90. The SMILES string of the molecule is O=C(c1cc(C2CCNCC2)ccc1F)N1CCCC(C(F)(F)F)C1. The molecule has 0 spiro atoms. The van der Waals surface area contributed by atoms with Crippen molar-refractivity contribution in [1.82, 2.24) is 10.2 Å². The number of benzene rings is 1. The van der Waals surface area contributed by atoms with Gasteiger partial charge in [0.2, 0.25) is 0 Å². The van der Waals surface area contributed by atoms with Gasteiger partial charge in [0.1, 0.15) is 5.82 Å². The topological polar surface area (TPSA) is 32.3 Å². The summed E-state index contributed by atoms with van der Waals surface area (Å²) in [4.78, 5) is 13.8. The number of rotatable bonds is 2. The first kappa shape index (κ1) is 18.2. The van der Waals surface area contributed by atoms with Crippen molar-refractivity contribution >= 4 is 5.91 Å². The van der Waals surface area contributed by atoms with Crippen LogP contribution in [-0.4, -0.2) is 43.2 Å². The highest BCUT2D eigenvalue weighted by Gasteiger charge is 2.43. The number of halogens is 4. The van der Waals surface area contributed by atoms with Crippen molar-refractivity contribution in [2.24, 2.45) is 5.92 Å². The summed E-state index contributed by atoms with van der Waals surface area (Å²) < 4.78 is 53.0. The first-order valence-electron chi connectivity index (χ1n) is 8.72. The molecule has 7 heteroatoms. The highest BCUT2D eigenvalue weighted by atomic mass is 19.4. The van der Waals surface area contributed by atoms with Gasteiger partial charge in [-0.3, -0.25) is 4.79 Å². The maximum Gasteiger partial charge on any atom is 0.393 e. The Labute approximate surface area is 144 Å². The minimum Gasteiger partial charge on any atom is -0.338 e. The molecule has 2 saturated heterocycles. The summed E-state index contributed by atoms with van der Waals surface area (Å²) >= 11 is 0. The van der Waals surface area contributed by atoms with Crippen molar-refractivity contribution in [3.05, 3.63) is 35.1 Å². The summed E-state index contributed by atoms with van der Waals surface area (Å²) in [6.45, 7) is 1.58. The lowest BCUT2D eigenvalue weighted by Gasteiger charge is -2.34. The zero-order valence-electron chi connectivity index (χ0n) is 13.9. The van der Waals surface area contributed by atoms with E-state index in [1.165, 1.54) is 12.1 Å². The maximum atomic E-state index is 14.2. The molecule has 0 radical (unpaired) electrons. The number of piperidine rings is 2. The highest BCUT2D eigenvalue weighted by Crippen LogP contribution is 2.34. The van der Waals surface area contributed by atoms with Gasteiger partial charge < -0.3 is 10.2 Å². The Bertz CT molecular complexity index is 626. The van der Waals surface area contributed by atoms with Crippen molar-refractivity contribution < 1.29 is 22.4 Å². The van der Waals surface area contributed by atoms with Crippen LogP contribution < -0.4 is 5.32 Å². The zero-order chi connectivity index (χ0) is 18.0. The molecular weight excluding hydrogens is 336 g/mol. The first-order chi connectivity index (χ1) is 11.9. The van der Waals surface area contributed by atoms with Gasteiger partial charge >= 0.3 is 6.18 Å². The van der Waals surface area contributed by atoms with Gasteiger partial charge in [0.25, 0.3) is 5.91 Å². The fraction of sp³-hybridized carbons (Fsp3) is 0.611. The second kappa shape index (κ2) is 7.32. The Morgan fingerprint density at radius 3 is 2.56 bits per heavy atom. The molecule has 0 aromatic heterocycles. The number of hydrogen-bond acceptors (Lipinski definition) is 2. The van der Waals surface area contributed by atoms with Gasteiger partial charge in [-0.2, -0.15) is 13.2 Å². The molecule has 1 N–H and O–H groups in total. The number of carbonyl (C=O) groups excluding carboxylic acids is 1. The number of likely N-dealkylation sites (tertiary alicyclic amines) is 1. The van der Waals surface area contributed by atoms with E-state index in [-0.39, 0.29) is 37.4 Å². The molecule has 0 bridgehead atoms. The summed E-state index contributed by atoms with van der Waals surface area (Å²) in [5.74, 6) is -2.59. The molecule has 1 aromatic rings. The van der Waals surface area contributed by atoms with Gasteiger partial charge in [0.15, 0.2) is 0 Å². The van der Waals surface area contributed by atoms with E-state index in [4.69, 9.17) is 0 Å². The molecule has 0 saturated carbocycles. The second-order valence-corrected chi connectivity index (χ2v) is 6.90. The van der Waals surface area contributed by atoms with Crippen LogP contribution in [0.4, 0.5) is 17.6 Å². The normalized spacial score (nSPS) is 22.9. The number of alkyl halides is 3. The molecule has 2 heterocycles. The molecule has 1 amide bonds. The molecule has 1 aromatic carbocycles. The number of nitrogens with zero attached hydrogens (tertiary/aromatic N) is 1. The predicted octanol–water partition coefficient (Wildman–Crippen LogP) is 3.71. The molecule has 2 fully saturated rings. The molecule has 2 aliphatic heterocycles. The summed E-state index contributed by atoms with van der Waals surface area (Å²) in [6, 6.07) is 4.47. The van der Waals surface area contributed by atoms with Crippen molar-refractivity contribution in [3.8, 4) is 0 Å². The molecule has 25 heavy (non-hydrogen) atoms. The standard InChI is InChI=1S/C18H22F4N2O/c19-16-4-3-13(12-5-7-23-8-6-12)10-15(16)17(25)24-9-1-2-14(11-24)18(20,21)22/h3-4,10,12,14,23H,1-2,5-9,11H2. The van der Waals surface area contributed by atoms with Gasteiger partial charge in [-0.15, -0.1) is 0 Å². The Hall–Kier alpha value is -1.63. The molecule has 1 unspecified atom stereocenters. The third kappa shape index (κ3) is 4.14. The zero-order valence-corrected chi connectivity index (χ0v) is 13.9. The molecule has 1 atom stereocenters. The quantitative estimate of drug-likeness (QED) is 0.818. The lowest BCUT2D eigenvalue weighted by molar-refractivity contribution is -0.184. The van der Waals surface area contributed by atoms with Crippen molar-refractivity contribution in [2.75, 3.05) is 26.2 Å². The third-order valence-corrected chi connectivity index (χ3v) is 5.20. The van der Waals surface area contributed by atoms with Crippen LogP contribution in [0.5, 0.6) is 0 Å². The Balaban J connectivity index is 1.79. The lowest BCUT2D eigenvalue weighted by Crippen LogP contribution is -2.44. The highest BCUT2D eigenvalue weighted by molar-refractivity contribution is 5.94. The Morgan fingerprint density at radius 1 is 1.16 bits per heavy atom. The summed E-state index contributed by atoms with van der Waals surface area (Å²) in [5.41, 5.74) is 0.773. The minimum atomic E-state index is -4.32. The van der Waals surface area contributed by atoms with E-state index >= 15 is 0 Å². The predicted molar refractivity (Wildman–Crippen MR) is 85.9 cm³/mol. The number of nitrogens with one attached hydrogen (secondary N) is 1. The Kier molecular flexibility index (Phi) is 5.32. The summed E-state index contributed by atoms with van der Waals surface area (Å²) in [6.07, 6.45) is -2.22. The van der Waals surface area contributed by atoms with E-state index in [9.17, 15) is 22.4 Å². The van der Waals surface area contributed by atoms with Crippen molar-refractivity contribution in [1.29, 1.82) is 0 Å². The Morgan fingerprint density at radius 2 is 1.88 bits per heavy atom. The van der Waals surface area contributed by atoms with Gasteiger partial charge in [-0.05, 0) is 62.4 Å². The monoisotopic (exact) mass is 358 g/mol. The smallest absolute Gasteiger partial charge is 0.338 e. The molecule has 0 aliphatic carbocycles. The molecule has 138 valence electrons. The molecule has 3 rings (SSSR count). The van der Waals surface area contributed by atoms with E-state index in [1.807, 2.05) is 0 Å². The van der Waals surface area contributed by atoms with Crippen LogP contribution in [0.3, 0.4) is 0 Å². The van der Waals surface area contributed by atoms with Crippen molar-refractivity contribution in [3.63, 3.8) is 0 Å². The van der Waals surface area contributed by atoms with E-state index < -0.39 is 23.8 Å². The first-order valence-corrected chi connectivity index (χ1v) is 8.72. The van der Waals surface area contributed by atoms with Crippen LogP contribution in [0.15, 0.2) is 18.2 Å². The van der Waals surface area contributed by atoms with Crippen LogP contribution in [0, 0.1) is 11.7 Å². The van der Waals surface area contributed by atoms with E-state index in [1.54, 1.807) is 6.07 Å². The van der Waals surface area contributed by atoms with E-state index in [0.717, 1.165) is 36.4 Å². The molecular formula is C18H22F4N2O. The van der Waals surface area contributed by atoms with Gasteiger partial charge in [-0.1, -0.05) is 6.07 Å². The van der Waals surface area contributed by atoms with Gasteiger partial charge in [-0.25, -0.2) is 4.39 Å². The molecule has 3 nitrogen and oxygen atoms in total. The summed E-state index contributed by atoms with van der Waals surface area (Å²) in [5, 5.41) is 3.25. The molecule has 2 aliphatic rings. The average Bonchev–Trinajstić information content (AvgIpc) is 2.62. The van der Waals surface area contributed by atoms with E-state index in [2.05, 4.69) is 5.32 Å². The third-order valence-electron chi connectivity index (χ3n) is 5.20. The van der Waals surface area contributed by atoms with Gasteiger partial charge in [0.05, 0.1) is 11.5 Å². The minimum absolute atomic E-state index is 0.0187. The lowest BCUT2D eigenvalue weighted by atomic mass is 9.89. The fourth-order valence-electron chi connectivity index (χ4n) is 3.72. The summed E-state index contributed by atoms with van der Waals surface area (Å²) in [7, 11) is 0. The largest absolute Gasteiger partial charge is 0.393 e. The fourth-order valence-corrected chi connectivity index (χ4v) is 3.72. The average molecular weight is 358 g/mol. The van der Waals surface area contributed by atoms with E-state index in [0.29, 0.717) is 0 Å². The van der Waals surface area contributed by atoms with Crippen LogP contribution >= 0.6 is 0 Å². The number of amides is 1. The maximum absolute atomic E-state index is 14.2. The van der Waals surface area contributed by atoms with Crippen LogP contribution in [0.25, 0.3) is 0 Å². The van der Waals surface area contributed by atoms with Crippen molar-refractivity contribution in [2.45, 2.75) is 37.8 Å².